The molecule has 0 aromatic heterocycles. The Kier molecular flexibility index (Phi) is 6.58. The van der Waals surface area contributed by atoms with Gasteiger partial charge in [0.15, 0.2) is 6.10 Å². The number of para-hydroxylation sites is 1. The number of sulfonamides is 1. The van der Waals surface area contributed by atoms with E-state index in [-0.39, 0.29) is 27.8 Å². The molecule has 2 N–H and O–H groups in total. The van der Waals surface area contributed by atoms with Crippen molar-refractivity contribution in [2.45, 2.75) is 36.8 Å². The standard InChI is InChI=1S/C21H21N3O6S/c1-13(20(25)23-17-6-4-3-5-15(17)12-22)30-21(26)14-7-10-18(29-2)19(11-14)31(27,28)24-16-8-9-16/h3-7,10-11,13,16,24H,8-9H2,1-2H3,(H,23,25)/t13-/m1/s1. The molecule has 0 radical (unpaired) electrons. The first-order chi connectivity index (χ1) is 14.7. The lowest BCUT2D eigenvalue weighted by Crippen LogP contribution is -2.30. The van der Waals surface area contributed by atoms with E-state index in [2.05, 4.69) is 10.0 Å². The molecule has 0 saturated heterocycles. The van der Waals surface area contributed by atoms with Crippen LogP contribution in [0.15, 0.2) is 47.4 Å². The number of rotatable bonds is 8. The highest BCUT2D eigenvalue weighted by molar-refractivity contribution is 7.89. The van der Waals surface area contributed by atoms with Crippen molar-refractivity contribution in [2.75, 3.05) is 12.4 Å². The summed E-state index contributed by atoms with van der Waals surface area (Å²) in [6.07, 6.45) is 0.321. The Morgan fingerprint density at radius 2 is 1.90 bits per heavy atom. The second-order valence-corrected chi connectivity index (χ2v) is 8.64. The number of methoxy groups -OCH3 is 1. The number of hydrogen-bond acceptors (Lipinski definition) is 7. The molecule has 162 valence electrons. The van der Waals surface area contributed by atoms with Crippen molar-refractivity contribution in [3.8, 4) is 11.8 Å². The Hall–Kier alpha value is -3.42. The van der Waals surface area contributed by atoms with Gasteiger partial charge < -0.3 is 14.8 Å². The number of esters is 1. The van der Waals surface area contributed by atoms with Gasteiger partial charge >= 0.3 is 5.97 Å². The van der Waals surface area contributed by atoms with E-state index < -0.39 is 28.0 Å². The summed E-state index contributed by atoms with van der Waals surface area (Å²) in [4.78, 5) is 24.7. The first-order valence-electron chi connectivity index (χ1n) is 9.46. The summed E-state index contributed by atoms with van der Waals surface area (Å²) >= 11 is 0. The SMILES string of the molecule is COc1ccc(C(=O)O[C@H](C)C(=O)Nc2ccccc2C#N)cc1S(=O)(=O)NC1CC1. The molecule has 1 aliphatic carbocycles. The van der Waals surface area contributed by atoms with Crippen molar-refractivity contribution in [1.82, 2.24) is 4.72 Å². The van der Waals surface area contributed by atoms with Crippen molar-refractivity contribution in [2.24, 2.45) is 0 Å². The molecule has 2 aromatic carbocycles. The predicted molar refractivity (Wildman–Crippen MR) is 111 cm³/mol. The van der Waals surface area contributed by atoms with Crippen molar-refractivity contribution in [3.05, 3.63) is 53.6 Å². The third kappa shape index (κ3) is 5.39. The van der Waals surface area contributed by atoms with E-state index in [1.54, 1.807) is 24.3 Å². The molecule has 3 rings (SSSR count). The Bertz CT molecular complexity index is 1150. The van der Waals surface area contributed by atoms with Gasteiger partial charge in [-0.2, -0.15) is 5.26 Å². The number of benzene rings is 2. The first-order valence-corrected chi connectivity index (χ1v) is 10.9. The summed E-state index contributed by atoms with van der Waals surface area (Å²) in [5.74, 6) is -1.42. The summed E-state index contributed by atoms with van der Waals surface area (Å²) in [6.45, 7) is 1.37. The fraction of sp³-hybridized carbons (Fsp3) is 0.286. The van der Waals surface area contributed by atoms with E-state index in [1.807, 2.05) is 6.07 Å². The summed E-state index contributed by atoms with van der Waals surface area (Å²) in [6, 6.07) is 12.1. The molecule has 0 aliphatic heterocycles. The van der Waals surface area contributed by atoms with Crippen LogP contribution in [0.4, 0.5) is 5.69 Å². The molecular formula is C21H21N3O6S. The number of carbonyl (C=O) groups excluding carboxylic acids is 2. The Morgan fingerprint density at radius 3 is 2.55 bits per heavy atom. The van der Waals surface area contributed by atoms with E-state index in [0.29, 0.717) is 5.69 Å². The number of carbonyl (C=O) groups is 2. The molecule has 0 bridgehead atoms. The van der Waals surface area contributed by atoms with Gasteiger partial charge in [-0.25, -0.2) is 17.9 Å². The fourth-order valence-corrected chi connectivity index (χ4v) is 4.20. The van der Waals surface area contributed by atoms with Crippen LogP contribution in [-0.2, 0) is 19.6 Å². The van der Waals surface area contributed by atoms with Gasteiger partial charge in [0, 0.05) is 6.04 Å². The minimum Gasteiger partial charge on any atom is -0.495 e. The molecule has 10 heteroatoms. The molecule has 31 heavy (non-hydrogen) atoms. The highest BCUT2D eigenvalue weighted by atomic mass is 32.2. The van der Waals surface area contributed by atoms with Crippen LogP contribution in [0.25, 0.3) is 0 Å². The number of nitrogens with zero attached hydrogens (tertiary/aromatic N) is 1. The van der Waals surface area contributed by atoms with E-state index in [9.17, 15) is 18.0 Å². The van der Waals surface area contributed by atoms with Crippen LogP contribution in [0.5, 0.6) is 5.75 Å². The number of hydrogen-bond donors (Lipinski definition) is 2. The topological polar surface area (TPSA) is 135 Å². The van der Waals surface area contributed by atoms with Gasteiger partial charge in [-0.15, -0.1) is 0 Å². The second kappa shape index (κ2) is 9.16. The van der Waals surface area contributed by atoms with Crippen molar-refractivity contribution >= 4 is 27.6 Å². The van der Waals surface area contributed by atoms with Crippen LogP contribution >= 0.6 is 0 Å². The van der Waals surface area contributed by atoms with Gasteiger partial charge in [-0.05, 0) is 50.1 Å². The van der Waals surface area contributed by atoms with Crippen LogP contribution in [0.3, 0.4) is 0 Å². The molecule has 1 saturated carbocycles. The van der Waals surface area contributed by atoms with E-state index in [0.717, 1.165) is 18.9 Å². The molecule has 0 heterocycles. The zero-order valence-corrected chi connectivity index (χ0v) is 17.7. The lowest BCUT2D eigenvalue weighted by molar-refractivity contribution is -0.123. The zero-order chi connectivity index (χ0) is 22.6. The molecule has 1 amide bonds. The van der Waals surface area contributed by atoms with Gasteiger partial charge in [-0.1, -0.05) is 12.1 Å². The van der Waals surface area contributed by atoms with Gasteiger partial charge in [0.2, 0.25) is 10.0 Å². The second-order valence-electron chi connectivity index (χ2n) is 6.96. The van der Waals surface area contributed by atoms with Crippen LogP contribution in [0.2, 0.25) is 0 Å². The van der Waals surface area contributed by atoms with E-state index in [1.165, 1.54) is 26.2 Å². The quantitative estimate of drug-likeness (QED) is 0.597. The maximum absolute atomic E-state index is 12.6. The maximum Gasteiger partial charge on any atom is 0.338 e. The molecule has 0 unspecified atom stereocenters. The van der Waals surface area contributed by atoms with Crippen molar-refractivity contribution in [1.29, 1.82) is 5.26 Å². The highest BCUT2D eigenvalue weighted by Gasteiger charge is 2.31. The summed E-state index contributed by atoms with van der Waals surface area (Å²) in [5.41, 5.74) is 0.512. The number of anilines is 1. The smallest absolute Gasteiger partial charge is 0.338 e. The van der Waals surface area contributed by atoms with Crippen LogP contribution < -0.4 is 14.8 Å². The molecule has 1 atom stereocenters. The van der Waals surface area contributed by atoms with Crippen LogP contribution in [0.1, 0.15) is 35.7 Å². The normalized spacial score (nSPS) is 14.2. The van der Waals surface area contributed by atoms with Gasteiger partial charge in [0.25, 0.3) is 5.91 Å². The van der Waals surface area contributed by atoms with Crippen molar-refractivity contribution in [3.63, 3.8) is 0 Å². The Balaban J connectivity index is 1.74. The first kappa shape index (κ1) is 22.3. The van der Waals surface area contributed by atoms with Gasteiger partial charge in [-0.3, -0.25) is 4.79 Å². The largest absolute Gasteiger partial charge is 0.495 e. The Morgan fingerprint density at radius 1 is 1.19 bits per heavy atom. The number of ether oxygens (including phenoxy) is 2. The average Bonchev–Trinajstić information content (AvgIpc) is 3.56. The molecule has 1 aliphatic rings. The number of nitriles is 1. The third-order valence-corrected chi connectivity index (χ3v) is 6.09. The molecule has 2 aromatic rings. The molecule has 0 spiro atoms. The Labute approximate surface area is 180 Å². The van der Waals surface area contributed by atoms with Gasteiger partial charge in [0.1, 0.15) is 16.7 Å². The van der Waals surface area contributed by atoms with E-state index in [4.69, 9.17) is 14.7 Å². The van der Waals surface area contributed by atoms with E-state index >= 15 is 0 Å². The lowest BCUT2D eigenvalue weighted by Gasteiger charge is -2.15. The highest BCUT2D eigenvalue weighted by Crippen LogP contribution is 2.28. The molecule has 9 nitrogen and oxygen atoms in total. The summed E-state index contributed by atoms with van der Waals surface area (Å²) < 4.78 is 38.0. The average molecular weight is 443 g/mol. The molecular weight excluding hydrogens is 422 g/mol. The maximum atomic E-state index is 12.6. The van der Waals surface area contributed by atoms with Crippen LogP contribution in [0, 0.1) is 11.3 Å². The minimum atomic E-state index is -3.88. The predicted octanol–water partition coefficient (Wildman–Crippen LogP) is 2.19. The third-order valence-electron chi connectivity index (χ3n) is 4.55. The fourth-order valence-electron chi connectivity index (χ4n) is 2.70. The monoisotopic (exact) mass is 443 g/mol. The number of amides is 1. The minimum absolute atomic E-state index is 0.0472. The van der Waals surface area contributed by atoms with Crippen molar-refractivity contribution < 1.29 is 27.5 Å². The molecule has 1 fully saturated rings. The van der Waals surface area contributed by atoms with Gasteiger partial charge in [0.05, 0.1) is 23.9 Å². The zero-order valence-electron chi connectivity index (χ0n) is 16.9. The summed E-state index contributed by atoms with van der Waals surface area (Å²) in [7, 11) is -2.55. The number of nitrogens with one attached hydrogen (secondary N) is 2. The summed E-state index contributed by atoms with van der Waals surface area (Å²) in [5, 5.41) is 11.6. The lowest BCUT2D eigenvalue weighted by atomic mass is 10.2. The van der Waals surface area contributed by atoms with Crippen LogP contribution in [-0.4, -0.2) is 39.5 Å².